The van der Waals surface area contributed by atoms with E-state index in [1.165, 1.54) is 0 Å². The number of carbonyl (C=O) groups is 1. The Morgan fingerprint density at radius 3 is 2.71 bits per heavy atom. The van der Waals surface area contributed by atoms with Gasteiger partial charge in [-0.25, -0.2) is 4.79 Å². The molecule has 0 spiro atoms. The van der Waals surface area contributed by atoms with Gasteiger partial charge in [-0.15, -0.1) is 10.2 Å². The first-order valence-electron chi connectivity index (χ1n) is 5.97. The fourth-order valence-corrected chi connectivity index (χ4v) is 1.54. The van der Waals surface area contributed by atoms with Gasteiger partial charge >= 0.3 is 11.7 Å². The fourth-order valence-electron chi connectivity index (χ4n) is 1.54. The maximum atomic E-state index is 10.9. The largest absolute Gasteiger partial charge is 0.478 e. The Kier molecular flexibility index (Phi) is 4.12. The van der Waals surface area contributed by atoms with Gasteiger partial charge < -0.3 is 14.3 Å². The topological polar surface area (TPSA) is 129 Å². The third-order valence-electron chi connectivity index (χ3n) is 2.57. The van der Waals surface area contributed by atoms with Gasteiger partial charge in [0.15, 0.2) is 12.4 Å². The first-order valence-corrected chi connectivity index (χ1v) is 5.97. The summed E-state index contributed by atoms with van der Waals surface area (Å²) < 4.78 is 10.4. The van der Waals surface area contributed by atoms with Crippen LogP contribution in [0.5, 0.6) is 5.75 Å². The molecule has 1 aromatic carbocycles. The van der Waals surface area contributed by atoms with Crippen molar-refractivity contribution >= 4 is 11.7 Å². The van der Waals surface area contributed by atoms with Crippen LogP contribution >= 0.6 is 0 Å². The number of nitro benzene ring substituents is 1. The summed E-state index contributed by atoms with van der Waals surface area (Å²) >= 11 is 0. The second kappa shape index (κ2) is 5.99. The first-order chi connectivity index (χ1) is 10.0. The molecule has 9 heteroatoms. The molecule has 21 heavy (non-hydrogen) atoms. The van der Waals surface area contributed by atoms with Crippen LogP contribution in [0.2, 0.25) is 0 Å². The molecule has 9 nitrogen and oxygen atoms in total. The maximum Gasteiger partial charge on any atom is 0.335 e. The predicted octanol–water partition coefficient (Wildman–Crippen LogP) is 1.82. The summed E-state index contributed by atoms with van der Waals surface area (Å²) in [6.45, 7) is 1.65. The summed E-state index contributed by atoms with van der Waals surface area (Å²) in [4.78, 5) is 21.1. The fraction of sp³-hybridized carbons (Fsp3) is 0.250. The number of ether oxygens (including phenoxy) is 1. The minimum absolute atomic E-state index is 0.115. The lowest BCUT2D eigenvalue weighted by atomic mass is 10.2. The molecule has 1 heterocycles. The number of carboxylic acids is 1. The van der Waals surface area contributed by atoms with Crippen molar-refractivity contribution in [2.24, 2.45) is 0 Å². The van der Waals surface area contributed by atoms with Crippen LogP contribution in [0.15, 0.2) is 22.6 Å². The number of nitrogens with zero attached hydrogens (tertiary/aromatic N) is 3. The van der Waals surface area contributed by atoms with E-state index < -0.39 is 10.9 Å². The van der Waals surface area contributed by atoms with Gasteiger partial charge in [0.05, 0.1) is 10.5 Å². The molecule has 0 saturated carbocycles. The van der Waals surface area contributed by atoms with Crippen molar-refractivity contribution in [3.8, 4) is 5.75 Å². The van der Waals surface area contributed by atoms with Gasteiger partial charge in [0.25, 0.3) is 5.89 Å². The quantitative estimate of drug-likeness (QED) is 0.630. The van der Waals surface area contributed by atoms with Gasteiger partial charge in [0.2, 0.25) is 5.89 Å². The number of nitro groups is 1. The highest BCUT2D eigenvalue weighted by atomic mass is 16.6. The standard InChI is InChI=1S/C12H11N3O6/c1-2-10-13-14-11(21-10)6-20-9-5-7(12(16)17)3-4-8(9)15(18)19/h3-5H,2,6H2,1H3,(H,16,17). The Morgan fingerprint density at radius 1 is 1.43 bits per heavy atom. The van der Waals surface area contributed by atoms with E-state index in [4.69, 9.17) is 14.3 Å². The molecule has 0 aliphatic carbocycles. The first kappa shape index (κ1) is 14.4. The zero-order valence-electron chi connectivity index (χ0n) is 11.0. The van der Waals surface area contributed by atoms with Crippen molar-refractivity contribution in [3.63, 3.8) is 0 Å². The predicted molar refractivity (Wildman–Crippen MR) is 68.1 cm³/mol. The van der Waals surface area contributed by atoms with Crippen molar-refractivity contribution in [1.82, 2.24) is 10.2 Å². The number of aromatic nitrogens is 2. The summed E-state index contributed by atoms with van der Waals surface area (Å²) in [6, 6.07) is 3.29. The highest BCUT2D eigenvalue weighted by Gasteiger charge is 2.19. The van der Waals surface area contributed by atoms with E-state index in [0.717, 1.165) is 18.2 Å². The third kappa shape index (κ3) is 3.32. The molecule has 0 fully saturated rings. The summed E-state index contributed by atoms with van der Waals surface area (Å²) in [5.74, 6) is -0.804. The lowest BCUT2D eigenvalue weighted by Gasteiger charge is -2.05. The van der Waals surface area contributed by atoms with E-state index in [2.05, 4.69) is 10.2 Å². The third-order valence-corrected chi connectivity index (χ3v) is 2.57. The number of benzene rings is 1. The Labute approximate surface area is 118 Å². The molecule has 0 saturated heterocycles. The number of aromatic carboxylic acids is 1. The Morgan fingerprint density at radius 2 is 2.14 bits per heavy atom. The van der Waals surface area contributed by atoms with Crippen molar-refractivity contribution in [1.29, 1.82) is 0 Å². The van der Waals surface area contributed by atoms with Crippen molar-refractivity contribution in [3.05, 3.63) is 45.7 Å². The van der Waals surface area contributed by atoms with Gasteiger partial charge in [-0.1, -0.05) is 6.92 Å². The number of carboxylic acid groups (broad SMARTS) is 1. The molecule has 0 aliphatic rings. The summed E-state index contributed by atoms with van der Waals surface area (Å²) in [6.07, 6.45) is 0.557. The molecule has 0 amide bonds. The molecule has 0 atom stereocenters. The minimum atomic E-state index is -1.21. The van der Waals surface area contributed by atoms with Gasteiger partial charge in [-0.05, 0) is 6.07 Å². The molecule has 1 aromatic heterocycles. The second-order valence-electron chi connectivity index (χ2n) is 3.98. The SMILES string of the molecule is CCc1nnc(COc2cc(C(=O)O)ccc2[N+](=O)[O-])o1. The highest BCUT2D eigenvalue weighted by Crippen LogP contribution is 2.28. The smallest absolute Gasteiger partial charge is 0.335 e. The number of rotatable bonds is 6. The normalized spacial score (nSPS) is 10.3. The molecule has 0 bridgehead atoms. The van der Waals surface area contributed by atoms with E-state index in [-0.39, 0.29) is 29.5 Å². The number of hydrogen-bond acceptors (Lipinski definition) is 7. The van der Waals surface area contributed by atoms with E-state index in [1.54, 1.807) is 0 Å². The van der Waals surface area contributed by atoms with Crippen LogP contribution in [0, 0.1) is 10.1 Å². The molecule has 0 aliphatic heterocycles. The zero-order valence-corrected chi connectivity index (χ0v) is 11.0. The highest BCUT2D eigenvalue weighted by molar-refractivity contribution is 5.88. The van der Waals surface area contributed by atoms with Gasteiger partial charge in [-0.3, -0.25) is 10.1 Å². The summed E-state index contributed by atoms with van der Waals surface area (Å²) in [5.41, 5.74) is -0.453. The van der Waals surface area contributed by atoms with E-state index in [9.17, 15) is 14.9 Å². The van der Waals surface area contributed by atoms with E-state index in [1.807, 2.05) is 6.92 Å². The average molecular weight is 293 g/mol. The number of aryl methyl sites for hydroxylation is 1. The van der Waals surface area contributed by atoms with Crippen LogP contribution in [0.4, 0.5) is 5.69 Å². The molecular formula is C12H11N3O6. The molecule has 1 N–H and O–H groups in total. The molecule has 0 radical (unpaired) electrons. The number of hydrogen-bond donors (Lipinski definition) is 1. The maximum absolute atomic E-state index is 10.9. The minimum Gasteiger partial charge on any atom is -0.478 e. The van der Waals surface area contributed by atoms with Crippen LogP contribution in [0.25, 0.3) is 0 Å². The molecule has 2 aromatic rings. The van der Waals surface area contributed by atoms with Crippen LogP contribution < -0.4 is 4.74 Å². The van der Waals surface area contributed by atoms with Gasteiger partial charge in [0, 0.05) is 18.6 Å². The monoisotopic (exact) mass is 293 g/mol. The second-order valence-corrected chi connectivity index (χ2v) is 3.98. The average Bonchev–Trinajstić information content (AvgIpc) is 2.92. The van der Waals surface area contributed by atoms with Crippen LogP contribution in [-0.4, -0.2) is 26.2 Å². The lowest BCUT2D eigenvalue weighted by molar-refractivity contribution is -0.386. The molecule has 0 unspecified atom stereocenters. The van der Waals surface area contributed by atoms with Crippen molar-refractivity contribution in [2.45, 2.75) is 20.0 Å². The van der Waals surface area contributed by atoms with Crippen LogP contribution in [0.1, 0.15) is 29.1 Å². The van der Waals surface area contributed by atoms with Crippen molar-refractivity contribution < 1.29 is 24.0 Å². The van der Waals surface area contributed by atoms with Crippen molar-refractivity contribution in [2.75, 3.05) is 0 Å². The van der Waals surface area contributed by atoms with Crippen LogP contribution in [-0.2, 0) is 13.0 Å². The summed E-state index contributed by atoms with van der Waals surface area (Å²) in [7, 11) is 0. The zero-order chi connectivity index (χ0) is 15.4. The van der Waals surface area contributed by atoms with Crippen LogP contribution in [0.3, 0.4) is 0 Å². The Balaban J connectivity index is 2.22. The van der Waals surface area contributed by atoms with E-state index >= 15 is 0 Å². The van der Waals surface area contributed by atoms with Gasteiger partial charge in [0.1, 0.15) is 0 Å². The summed E-state index contributed by atoms with van der Waals surface area (Å²) in [5, 5.41) is 27.2. The Hall–Kier alpha value is -2.97. The molecule has 110 valence electrons. The lowest BCUT2D eigenvalue weighted by Crippen LogP contribution is -2.02. The van der Waals surface area contributed by atoms with E-state index in [0.29, 0.717) is 12.3 Å². The molecule has 2 rings (SSSR count). The molecular weight excluding hydrogens is 282 g/mol. The Bertz CT molecular complexity index is 681. The van der Waals surface area contributed by atoms with Gasteiger partial charge in [-0.2, -0.15) is 0 Å².